The molecule has 7 heteroatoms. The fraction of sp³-hybridized carbons (Fsp3) is 0.154. The summed E-state index contributed by atoms with van der Waals surface area (Å²) in [6, 6.07) is 25.3. The fourth-order valence-electron chi connectivity index (χ4n) is 3.58. The number of hydrogen-bond acceptors (Lipinski definition) is 5. The largest absolute Gasteiger partial charge is 0.494 e. The summed E-state index contributed by atoms with van der Waals surface area (Å²) in [7, 11) is 0. The molecule has 33 heavy (non-hydrogen) atoms. The smallest absolute Gasteiger partial charge is 0.287 e. The maximum absolute atomic E-state index is 12.9. The summed E-state index contributed by atoms with van der Waals surface area (Å²) in [5, 5.41) is 12.6. The monoisotopic (exact) mass is 444 g/mol. The number of carbonyl (C=O) groups excluding carboxylic acids is 2. The number of para-hydroxylation sites is 1. The molecule has 7 nitrogen and oxygen atoms in total. The number of hydrogen-bond donors (Lipinski definition) is 3. The van der Waals surface area contributed by atoms with Gasteiger partial charge in [0.2, 0.25) is 0 Å². The van der Waals surface area contributed by atoms with Crippen LogP contribution in [0, 0.1) is 0 Å². The second-order valence-corrected chi connectivity index (χ2v) is 7.54. The third-order valence-electron chi connectivity index (χ3n) is 5.28. The highest BCUT2D eigenvalue weighted by Gasteiger charge is 2.18. The van der Waals surface area contributed by atoms with Gasteiger partial charge in [-0.2, -0.15) is 0 Å². The Labute approximate surface area is 190 Å². The Morgan fingerprint density at radius 3 is 2.36 bits per heavy atom. The first-order valence-corrected chi connectivity index (χ1v) is 10.7. The molecular weight excluding hydrogens is 420 g/mol. The molecule has 0 aliphatic heterocycles. The molecule has 168 valence electrons. The third-order valence-corrected chi connectivity index (χ3v) is 5.28. The van der Waals surface area contributed by atoms with E-state index in [1.54, 1.807) is 35.8 Å². The molecular formula is C26H24N2O5. The van der Waals surface area contributed by atoms with Crippen molar-refractivity contribution in [1.29, 1.82) is 0 Å². The number of furan rings is 1. The van der Waals surface area contributed by atoms with E-state index in [0.717, 1.165) is 10.9 Å². The van der Waals surface area contributed by atoms with Crippen LogP contribution in [-0.4, -0.2) is 23.6 Å². The van der Waals surface area contributed by atoms with E-state index in [9.17, 15) is 9.59 Å². The first-order chi connectivity index (χ1) is 16.1. The number of ether oxygens (including phenoxy) is 1. The molecule has 0 saturated carbocycles. The molecule has 1 aromatic heterocycles. The highest BCUT2D eigenvalue weighted by atomic mass is 16.5. The quantitative estimate of drug-likeness (QED) is 0.194. The van der Waals surface area contributed by atoms with E-state index >= 15 is 0 Å². The van der Waals surface area contributed by atoms with E-state index in [4.69, 9.17) is 14.4 Å². The number of amides is 2. The molecule has 3 N–H and O–H groups in total. The topological polar surface area (TPSA) is 101 Å². The minimum absolute atomic E-state index is 0.203. The Morgan fingerprint density at radius 1 is 0.909 bits per heavy atom. The second-order valence-electron chi connectivity index (χ2n) is 7.54. The molecule has 0 spiro atoms. The van der Waals surface area contributed by atoms with Gasteiger partial charge in [0.15, 0.2) is 5.76 Å². The molecule has 1 unspecified atom stereocenters. The van der Waals surface area contributed by atoms with E-state index in [0.29, 0.717) is 36.3 Å². The normalized spacial score (nSPS) is 11.7. The van der Waals surface area contributed by atoms with Gasteiger partial charge in [0.1, 0.15) is 11.3 Å². The van der Waals surface area contributed by atoms with Gasteiger partial charge in [-0.05, 0) is 54.8 Å². The molecule has 0 bridgehead atoms. The van der Waals surface area contributed by atoms with Crippen molar-refractivity contribution in [2.24, 2.45) is 0 Å². The van der Waals surface area contributed by atoms with Crippen molar-refractivity contribution in [2.45, 2.75) is 18.9 Å². The molecule has 0 radical (unpaired) electrons. The van der Waals surface area contributed by atoms with Crippen LogP contribution >= 0.6 is 0 Å². The number of hydroxylamine groups is 1. The Kier molecular flexibility index (Phi) is 7.02. The van der Waals surface area contributed by atoms with Crippen molar-refractivity contribution < 1.29 is 24.0 Å². The molecule has 0 fully saturated rings. The molecule has 2 amide bonds. The Bertz CT molecular complexity index is 1190. The Morgan fingerprint density at radius 2 is 1.64 bits per heavy atom. The molecule has 1 heterocycles. The van der Waals surface area contributed by atoms with Gasteiger partial charge in [-0.15, -0.1) is 0 Å². The van der Waals surface area contributed by atoms with Gasteiger partial charge in [-0.1, -0.05) is 48.5 Å². The van der Waals surface area contributed by atoms with Crippen LogP contribution in [0.3, 0.4) is 0 Å². The zero-order chi connectivity index (χ0) is 23.0. The average Bonchev–Trinajstić information content (AvgIpc) is 3.31. The summed E-state index contributed by atoms with van der Waals surface area (Å²) >= 11 is 0. The summed E-state index contributed by atoms with van der Waals surface area (Å²) in [6.45, 7) is 0.440. The molecule has 4 aromatic rings. The van der Waals surface area contributed by atoms with E-state index in [1.807, 2.05) is 54.6 Å². The zero-order valence-corrected chi connectivity index (χ0v) is 17.9. The summed E-state index contributed by atoms with van der Waals surface area (Å²) in [4.78, 5) is 24.3. The standard InChI is InChI=1S/C26H24N2O5/c29-25(28-31)19-12-14-21(15-13-19)32-16-6-10-22(18-7-2-1-3-8-18)27-26(30)24-17-20-9-4-5-11-23(20)33-24/h1-5,7-9,11-15,17,22,31H,6,10,16H2,(H,27,30)(H,28,29). The summed E-state index contributed by atoms with van der Waals surface area (Å²) < 4.78 is 11.5. The first kappa shape index (κ1) is 22.1. The van der Waals surface area contributed by atoms with Crippen LogP contribution in [0.25, 0.3) is 11.0 Å². The number of rotatable bonds is 9. The van der Waals surface area contributed by atoms with Crippen LogP contribution < -0.4 is 15.5 Å². The first-order valence-electron chi connectivity index (χ1n) is 10.7. The third kappa shape index (κ3) is 5.58. The lowest BCUT2D eigenvalue weighted by molar-refractivity contribution is 0.0706. The Balaban J connectivity index is 1.37. The molecule has 4 rings (SSSR count). The average molecular weight is 444 g/mol. The minimum atomic E-state index is -0.576. The van der Waals surface area contributed by atoms with Crippen LogP contribution in [0.4, 0.5) is 0 Å². The van der Waals surface area contributed by atoms with Gasteiger partial charge in [-0.3, -0.25) is 14.8 Å². The lowest BCUT2D eigenvalue weighted by atomic mass is 10.0. The summed E-state index contributed by atoms with van der Waals surface area (Å²) in [5.41, 5.74) is 3.61. The van der Waals surface area contributed by atoms with Crippen molar-refractivity contribution in [3.05, 3.63) is 102 Å². The van der Waals surface area contributed by atoms with Crippen LogP contribution in [0.1, 0.15) is 45.4 Å². The summed E-state index contributed by atoms with van der Waals surface area (Å²) in [5.74, 6) is 0.0543. The zero-order valence-electron chi connectivity index (χ0n) is 17.9. The SMILES string of the molecule is O=C(NO)c1ccc(OCCCC(NC(=O)c2cc3ccccc3o2)c2ccccc2)cc1. The van der Waals surface area contributed by atoms with Crippen LogP contribution in [0.2, 0.25) is 0 Å². The lowest BCUT2D eigenvalue weighted by Gasteiger charge is -2.19. The maximum atomic E-state index is 12.9. The van der Waals surface area contributed by atoms with Crippen LogP contribution in [-0.2, 0) is 0 Å². The van der Waals surface area contributed by atoms with Gasteiger partial charge < -0.3 is 14.5 Å². The van der Waals surface area contributed by atoms with Crippen molar-refractivity contribution in [3.63, 3.8) is 0 Å². The Hall–Kier alpha value is -4.10. The predicted octanol–water partition coefficient (Wildman–Crippen LogP) is 4.88. The number of carbonyl (C=O) groups is 2. The van der Waals surface area contributed by atoms with Gasteiger partial charge in [0, 0.05) is 10.9 Å². The minimum Gasteiger partial charge on any atom is -0.494 e. The van der Waals surface area contributed by atoms with Gasteiger partial charge in [0.25, 0.3) is 11.8 Å². The number of benzene rings is 3. The van der Waals surface area contributed by atoms with E-state index in [-0.39, 0.29) is 17.7 Å². The fourth-order valence-corrected chi connectivity index (χ4v) is 3.58. The van der Waals surface area contributed by atoms with Crippen LogP contribution in [0.15, 0.2) is 89.3 Å². The molecule has 0 aliphatic rings. The van der Waals surface area contributed by atoms with E-state index < -0.39 is 5.91 Å². The van der Waals surface area contributed by atoms with Crippen molar-refractivity contribution >= 4 is 22.8 Å². The van der Waals surface area contributed by atoms with Gasteiger partial charge in [0.05, 0.1) is 12.6 Å². The van der Waals surface area contributed by atoms with E-state index in [1.165, 1.54) is 0 Å². The second kappa shape index (κ2) is 10.5. The molecule has 1 atom stereocenters. The van der Waals surface area contributed by atoms with Gasteiger partial charge >= 0.3 is 0 Å². The number of nitrogens with one attached hydrogen (secondary N) is 2. The predicted molar refractivity (Wildman–Crippen MR) is 123 cm³/mol. The van der Waals surface area contributed by atoms with Crippen LogP contribution in [0.5, 0.6) is 5.75 Å². The maximum Gasteiger partial charge on any atom is 0.287 e. The lowest BCUT2D eigenvalue weighted by Crippen LogP contribution is -2.28. The van der Waals surface area contributed by atoms with Crippen molar-refractivity contribution in [1.82, 2.24) is 10.8 Å². The number of fused-ring (bicyclic) bond motifs is 1. The van der Waals surface area contributed by atoms with E-state index in [2.05, 4.69) is 5.32 Å². The summed E-state index contributed by atoms with van der Waals surface area (Å²) in [6.07, 6.45) is 1.36. The molecule has 0 saturated heterocycles. The van der Waals surface area contributed by atoms with Crippen molar-refractivity contribution in [2.75, 3.05) is 6.61 Å². The molecule has 0 aliphatic carbocycles. The van der Waals surface area contributed by atoms with Crippen molar-refractivity contribution in [3.8, 4) is 5.75 Å². The highest BCUT2D eigenvalue weighted by molar-refractivity contribution is 5.96. The molecule has 3 aromatic carbocycles. The highest BCUT2D eigenvalue weighted by Crippen LogP contribution is 2.23. The van der Waals surface area contributed by atoms with Gasteiger partial charge in [-0.25, -0.2) is 5.48 Å².